The fourth-order valence-corrected chi connectivity index (χ4v) is 2.14. The number of nitrogens with one attached hydrogen (secondary N) is 1. The molecule has 0 saturated heterocycles. The Bertz CT molecular complexity index is 564. The first-order valence-corrected chi connectivity index (χ1v) is 7.21. The second-order valence-corrected chi connectivity index (χ2v) is 5.44. The second kappa shape index (κ2) is 7.22. The molecule has 0 fully saturated rings. The van der Waals surface area contributed by atoms with E-state index in [0.717, 1.165) is 21.3 Å². The molecule has 0 aliphatic carbocycles. The van der Waals surface area contributed by atoms with Crippen molar-refractivity contribution < 1.29 is 9.90 Å². The maximum Gasteiger partial charge on any atom is 0.228 e. The van der Waals surface area contributed by atoms with E-state index in [1.807, 2.05) is 48.5 Å². The molecule has 2 rings (SSSR count). The quantitative estimate of drug-likeness (QED) is 0.882. The molecule has 0 saturated carbocycles. The van der Waals surface area contributed by atoms with Crippen LogP contribution in [0.2, 0.25) is 0 Å². The van der Waals surface area contributed by atoms with Gasteiger partial charge < -0.3 is 10.4 Å². The molecular weight excluding hydrogens is 318 g/mol. The van der Waals surface area contributed by atoms with E-state index in [1.165, 1.54) is 0 Å². The number of carbonyl (C=O) groups excluding carboxylic acids is 1. The van der Waals surface area contributed by atoms with Crippen molar-refractivity contribution in [1.82, 2.24) is 0 Å². The van der Waals surface area contributed by atoms with Crippen molar-refractivity contribution in [1.29, 1.82) is 0 Å². The summed E-state index contributed by atoms with van der Waals surface area (Å²) in [4.78, 5) is 11.9. The largest absolute Gasteiger partial charge is 0.396 e. The summed E-state index contributed by atoms with van der Waals surface area (Å²) in [7, 11) is 0. The Labute approximate surface area is 126 Å². The number of hydrogen-bond donors (Lipinski definition) is 2. The molecule has 20 heavy (non-hydrogen) atoms. The van der Waals surface area contributed by atoms with Crippen molar-refractivity contribution in [2.75, 3.05) is 11.9 Å². The molecule has 0 atom stereocenters. The lowest BCUT2D eigenvalue weighted by Gasteiger charge is -2.06. The van der Waals surface area contributed by atoms with Crippen LogP contribution in [0, 0.1) is 0 Å². The molecule has 2 aromatic carbocycles. The number of hydrogen-bond acceptors (Lipinski definition) is 2. The standard InChI is InChI=1S/C16H16BrNO2/c17-14-5-1-13(2-6-14)11-16(20)18-15-7-3-12(4-8-15)9-10-19/h1-8,19H,9-11H2,(H,18,20). The lowest BCUT2D eigenvalue weighted by atomic mass is 10.1. The minimum atomic E-state index is -0.0396. The zero-order valence-corrected chi connectivity index (χ0v) is 12.6. The van der Waals surface area contributed by atoms with E-state index >= 15 is 0 Å². The van der Waals surface area contributed by atoms with Crippen LogP contribution < -0.4 is 5.32 Å². The number of carbonyl (C=O) groups is 1. The van der Waals surface area contributed by atoms with E-state index in [0.29, 0.717) is 12.8 Å². The summed E-state index contributed by atoms with van der Waals surface area (Å²) in [5.41, 5.74) is 2.80. The molecule has 0 unspecified atom stereocenters. The molecule has 104 valence electrons. The van der Waals surface area contributed by atoms with Crippen molar-refractivity contribution in [2.24, 2.45) is 0 Å². The van der Waals surface area contributed by atoms with Gasteiger partial charge in [0, 0.05) is 16.8 Å². The summed E-state index contributed by atoms with van der Waals surface area (Å²) < 4.78 is 1.00. The van der Waals surface area contributed by atoms with E-state index in [4.69, 9.17) is 5.11 Å². The maximum atomic E-state index is 11.9. The van der Waals surface area contributed by atoms with E-state index in [9.17, 15) is 4.79 Å². The highest BCUT2D eigenvalue weighted by atomic mass is 79.9. The number of halogens is 1. The average molecular weight is 334 g/mol. The molecule has 1 amide bonds. The minimum absolute atomic E-state index is 0.0396. The Balaban J connectivity index is 1.92. The predicted molar refractivity (Wildman–Crippen MR) is 83.7 cm³/mol. The smallest absolute Gasteiger partial charge is 0.228 e. The molecule has 0 aliphatic rings. The highest BCUT2D eigenvalue weighted by Crippen LogP contribution is 2.13. The number of aliphatic hydroxyl groups is 1. The van der Waals surface area contributed by atoms with Crippen molar-refractivity contribution >= 4 is 27.5 Å². The van der Waals surface area contributed by atoms with Crippen LogP contribution >= 0.6 is 15.9 Å². The lowest BCUT2D eigenvalue weighted by Crippen LogP contribution is -2.14. The molecule has 2 aromatic rings. The van der Waals surface area contributed by atoms with Crippen LogP contribution in [-0.2, 0) is 17.6 Å². The third kappa shape index (κ3) is 4.47. The molecule has 0 radical (unpaired) electrons. The predicted octanol–water partition coefficient (Wildman–Crippen LogP) is 3.17. The van der Waals surface area contributed by atoms with Gasteiger partial charge in [0.2, 0.25) is 5.91 Å². The van der Waals surface area contributed by atoms with Crippen LogP contribution in [0.25, 0.3) is 0 Å². The van der Waals surface area contributed by atoms with Crippen molar-refractivity contribution in [3.8, 4) is 0 Å². The highest BCUT2D eigenvalue weighted by molar-refractivity contribution is 9.10. The summed E-state index contributed by atoms with van der Waals surface area (Å²) >= 11 is 3.37. The summed E-state index contributed by atoms with van der Waals surface area (Å²) in [6.07, 6.45) is 0.985. The molecule has 0 aliphatic heterocycles. The first-order chi connectivity index (χ1) is 9.67. The normalized spacial score (nSPS) is 10.3. The van der Waals surface area contributed by atoms with E-state index in [-0.39, 0.29) is 12.5 Å². The first-order valence-electron chi connectivity index (χ1n) is 6.41. The zero-order chi connectivity index (χ0) is 14.4. The summed E-state index contributed by atoms with van der Waals surface area (Å²) in [6.45, 7) is 0.134. The minimum Gasteiger partial charge on any atom is -0.396 e. The van der Waals surface area contributed by atoms with Crippen molar-refractivity contribution in [3.63, 3.8) is 0 Å². The van der Waals surface area contributed by atoms with Gasteiger partial charge in [0.25, 0.3) is 0 Å². The lowest BCUT2D eigenvalue weighted by molar-refractivity contribution is -0.115. The van der Waals surface area contributed by atoms with Gasteiger partial charge >= 0.3 is 0 Å². The molecule has 3 nitrogen and oxygen atoms in total. The van der Waals surface area contributed by atoms with Crippen LogP contribution in [0.4, 0.5) is 5.69 Å². The van der Waals surface area contributed by atoms with Crippen LogP contribution in [-0.4, -0.2) is 17.6 Å². The fourth-order valence-electron chi connectivity index (χ4n) is 1.88. The second-order valence-electron chi connectivity index (χ2n) is 4.52. The monoisotopic (exact) mass is 333 g/mol. The summed E-state index contributed by atoms with van der Waals surface area (Å²) in [6, 6.07) is 15.2. The third-order valence-corrected chi connectivity index (χ3v) is 3.44. The summed E-state index contributed by atoms with van der Waals surface area (Å²) in [5, 5.41) is 11.7. The Morgan fingerprint density at radius 3 is 2.20 bits per heavy atom. The van der Waals surface area contributed by atoms with Crippen molar-refractivity contribution in [2.45, 2.75) is 12.8 Å². The third-order valence-electron chi connectivity index (χ3n) is 2.92. The van der Waals surface area contributed by atoms with Crippen LogP contribution in [0.1, 0.15) is 11.1 Å². The van der Waals surface area contributed by atoms with Crippen LogP contribution in [0.5, 0.6) is 0 Å². The molecule has 0 bridgehead atoms. The molecule has 0 aromatic heterocycles. The number of anilines is 1. The van der Waals surface area contributed by atoms with Gasteiger partial charge in [-0.25, -0.2) is 0 Å². The summed E-state index contributed by atoms with van der Waals surface area (Å²) in [5.74, 6) is -0.0396. The van der Waals surface area contributed by atoms with Crippen LogP contribution in [0.15, 0.2) is 53.0 Å². The van der Waals surface area contributed by atoms with E-state index in [1.54, 1.807) is 0 Å². The number of amides is 1. The average Bonchev–Trinajstić information content (AvgIpc) is 2.44. The zero-order valence-electron chi connectivity index (χ0n) is 11.0. The van der Waals surface area contributed by atoms with Gasteiger partial charge in [-0.15, -0.1) is 0 Å². The Morgan fingerprint density at radius 2 is 1.60 bits per heavy atom. The molecule has 0 spiro atoms. The van der Waals surface area contributed by atoms with Gasteiger partial charge in [-0.2, -0.15) is 0 Å². The highest BCUT2D eigenvalue weighted by Gasteiger charge is 2.04. The molecule has 2 N–H and O–H groups in total. The number of aliphatic hydroxyl groups excluding tert-OH is 1. The van der Waals surface area contributed by atoms with Gasteiger partial charge in [-0.3, -0.25) is 4.79 Å². The number of rotatable bonds is 5. The van der Waals surface area contributed by atoms with Crippen molar-refractivity contribution in [3.05, 3.63) is 64.1 Å². The van der Waals surface area contributed by atoms with Gasteiger partial charge in [-0.05, 0) is 41.8 Å². The van der Waals surface area contributed by atoms with E-state index < -0.39 is 0 Å². The van der Waals surface area contributed by atoms with Gasteiger partial charge in [-0.1, -0.05) is 40.2 Å². The topological polar surface area (TPSA) is 49.3 Å². The van der Waals surface area contributed by atoms with Gasteiger partial charge in [0.05, 0.1) is 6.42 Å². The van der Waals surface area contributed by atoms with Crippen LogP contribution in [0.3, 0.4) is 0 Å². The Kier molecular flexibility index (Phi) is 5.32. The SMILES string of the molecule is O=C(Cc1ccc(Br)cc1)Nc1ccc(CCO)cc1. The molecule has 0 heterocycles. The van der Waals surface area contributed by atoms with Gasteiger partial charge in [0.1, 0.15) is 0 Å². The maximum absolute atomic E-state index is 11.9. The van der Waals surface area contributed by atoms with Gasteiger partial charge in [0.15, 0.2) is 0 Å². The molecular formula is C16H16BrNO2. The fraction of sp³-hybridized carbons (Fsp3) is 0.188. The molecule has 4 heteroatoms. The number of benzene rings is 2. The first kappa shape index (κ1) is 14.8. The Hall–Kier alpha value is -1.65. The Morgan fingerprint density at radius 1 is 1.00 bits per heavy atom. The van der Waals surface area contributed by atoms with E-state index in [2.05, 4.69) is 21.2 Å².